The van der Waals surface area contributed by atoms with Gasteiger partial charge in [-0.25, -0.2) is 4.79 Å². The van der Waals surface area contributed by atoms with Crippen molar-refractivity contribution in [1.82, 2.24) is 15.5 Å². The van der Waals surface area contributed by atoms with Crippen molar-refractivity contribution in [2.45, 2.75) is 19.8 Å². The van der Waals surface area contributed by atoms with E-state index in [1.165, 1.54) is 22.3 Å². The number of alkyl carbamates (subject to hydrolysis) is 1. The molecule has 1 aromatic heterocycles. The molecule has 0 fully saturated rings. The van der Waals surface area contributed by atoms with Gasteiger partial charge in [0.1, 0.15) is 6.61 Å². The Balaban J connectivity index is 1.37. The smallest absolute Gasteiger partial charge is 0.407 e. The number of aryl methyl sites for hydroxylation is 2. The van der Waals surface area contributed by atoms with Crippen molar-refractivity contribution in [2.75, 3.05) is 13.2 Å². The maximum atomic E-state index is 12.1. The first-order chi connectivity index (χ1) is 13.6. The Bertz CT molecular complexity index is 1020. The molecule has 0 aliphatic heterocycles. The van der Waals surface area contributed by atoms with Crippen molar-refractivity contribution >= 4 is 6.09 Å². The summed E-state index contributed by atoms with van der Waals surface area (Å²) >= 11 is 0. The van der Waals surface area contributed by atoms with Crippen molar-refractivity contribution in [3.63, 3.8) is 0 Å². The maximum absolute atomic E-state index is 12.1. The van der Waals surface area contributed by atoms with Gasteiger partial charge in [0.25, 0.3) is 0 Å². The number of carbonyl (C=O) groups excluding carboxylic acids is 1. The fraction of sp³-hybridized carbons (Fsp3) is 0.217. The Labute approximate surface area is 164 Å². The van der Waals surface area contributed by atoms with E-state index in [9.17, 15) is 4.79 Å². The first-order valence-electron chi connectivity index (χ1n) is 9.24. The molecule has 0 bridgehead atoms. The molecule has 1 amide bonds. The number of hydrogen-bond acceptors (Lipinski definition) is 3. The van der Waals surface area contributed by atoms with E-state index in [0.717, 1.165) is 17.0 Å². The van der Waals surface area contributed by atoms with E-state index in [0.29, 0.717) is 6.61 Å². The van der Waals surface area contributed by atoms with Crippen LogP contribution in [0.4, 0.5) is 4.79 Å². The monoisotopic (exact) mass is 371 g/mol. The van der Waals surface area contributed by atoms with Gasteiger partial charge in [0, 0.05) is 11.6 Å². The quantitative estimate of drug-likeness (QED) is 0.686. The molecule has 5 heteroatoms. The van der Waals surface area contributed by atoms with E-state index in [-0.39, 0.29) is 12.5 Å². The van der Waals surface area contributed by atoms with Crippen molar-refractivity contribution in [3.8, 4) is 23.0 Å². The zero-order chi connectivity index (χ0) is 19.5. The molecule has 0 radical (unpaired) electrons. The molecule has 1 heterocycles. The molecular formula is C23H21N3O2. The fourth-order valence-corrected chi connectivity index (χ4v) is 3.63. The minimum atomic E-state index is -0.461. The molecule has 5 nitrogen and oxygen atoms in total. The van der Waals surface area contributed by atoms with Crippen LogP contribution in [0.25, 0.3) is 11.1 Å². The van der Waals surface area contributed by atoms with Crippen LogP contribution in [0, 0.1) is 25.7 Å². The number of amides is 1. The number of hydrogen-bond donors (Lipinski definition) is 2. The Morgan fingerprint density at radius 2 is 1.75 bits per heavy atom. The first kappa shape index (κ1) is 17.9. The van der Waals surface area contributed by atoms with Crippen LogP contribution in [0.2, 0.25) is 0 Å². The van der Waals surface area contributed by atoms with Crippen LogP contribution < -0.4 is 5.32 Å². The van der Waals surface area contributed by atoms with Gasteiger partial charge in [-0.15, -0.1) is 0 Å². The number of carbonyl (C=O) groups is 1. The van der Waals surface area contributed by atoms with Crippen LogP contribution in [0.3, 0.4) is 0 Å². The number of aromatic amines is 1. The van der Waals surface area contributed by atoms with E-state index in [2.05, 4.69) is 51.6 Å². The molecule has 2 aromatic carbocycles. The minimum absolute atomic E-state index is 0.0560. The molecule has 0 spiro atoms. The zero-order valence-corrected chi connectivity index (χ0v) is 15.9. The molecule has 2 N–H and O–H groups in total. The number of rotatable bonds is 3. The second-order valence-electron chi connectivity index (χ2n) is 6.79. The summed E-state index contributed by atoms with van der Waals surface area (Å²) < 4.78 is 5.49. The van der Waals surface area contributed by atoms with Gasteiger partial charge in [-0.2, -0.15) is 5.10 Å². The number of aromatic nitrogens is 2. The lowest BCUT2D eigenvalue weighted by molar-refractivity contribution is 0.144. The summed E-state index contributed by atoms with van der Waals surface area (Å²) in [6.07, 6.45) is -0.461. The predicted octanol–water partition coefficient (Wildman–Crippen LogP) is 3.92. The third-order valence-corrected chi connectivity index (χ3v) is 5.01. The third-order valence-electron chi connectivity index (χ3n) is 5.01. The second-order valence-corrected chi connectivity index (χ2v) is 6.79. The fourth-order valence-electron chi connectivity index (χ4n) is 3.63. The van der Waals surface area contributed by atoms with Crippen molar-refractivity contribution in [2.24, 2.45) is 0 Å². The van der Waals surface area contributed by atoms with E-state index >= 15 is 0 Å². The standard InChI is InChI=1S/C23H21N3O2/c1-15-17(16(2)26-25-15)12-7-13-24-23(27)28-14-22-20-10-5-3-8-18(20)19-9-4-6-11-21(19)22/h3-6,8-11,22H,13-14H2,1-2H3,(H,24,27)(H,25,26). The Morgan fingerprint density at radius 1 is 1.11 bits per heavy atom. The summed E-state index contributed by atoms with van der Waals surface area (Å²) in [5, 5.41) is 9.68. The molecule has 28 heavy (non-hydrogen) atoms. The summed E-state index contributed by atoms with van der Waals surface area (Å²) in [5.41, 5.74) is 7.46. The highest BCUT2D eigenvalue weighted by molar-refractivity contribution is 5.79. The SMILES string of the molecule is Cc1n[nH]c(C)c1C#CCNC(=O)OCC1c2ccccc2-c2ccccc21. The number of ether oxygens (including phenoxy) is 1. The second kappa shape index (κ2) is 7.61. The van der Waals surface area contributed by atoms with Crippen molar-refractivity contribution in [1.29, 1.82) is 0 Å². The number of nitrogens with one attached hydrogen (secondary N) is 2. The van der Waals surface area contributed by atoms with E-state index < -0.39 is 6.09 Å². The van der Waals surface area contributed by atoms with Gasteiger partial charge in [0.15, 0.2) is 0 Å². The van der Waals surface area contributed by atoms with Crippen LogP contribution in [0.15, 0.2) is 48.5 Å². The van der Waals surface area contributed by atoms with Crippen LogP contribution in [-0.2, 0) is 4.74 Å². The predicted molar refractivity (Wildman–Crippen MR) is 108 cm³/mol. The van der Waals surface area contributed by atoms with Gasteiger partial charge in [-0.05, 0) is 36.1 Å². The van der Waals surface area contributed by atoms with E-state index in [1.807, 2.05) is 38.1 Å². The molecule has 0 unspecified atom stereocenters. The van der Waals surface area contributed by atoms with Crippen LogP contribution in [0.1, 0.15) is 34.0 Å². The molecule has 0 saturated heterocycles. The lowest BCUT2D eigenvalue weighted by atomic mass is 9.98. The van der Waals surface area contributed by atoms with Gasteiger partial charge in [0.05, 0.1) is 17.8 Å². The van der Waals surface area contributed by atoms with Crippen LogP contribution in [0.5, 0.6) is 0 Å². The first-order valence-corrected chi connectivity index (χ1v) is 9.24. The molecule has 0 atom stereocenters. The molecule has 1 aliphatic carbocycles. The summed E-state index contributed by atoms with van der Waals surface area (Å²) in [6, 6.07) is 16.5. The average Bonchev–Trinajstić information content (AvgIpc) is 3.21. The molecule has 140 valence electrons. The summed E-state index contributed by atoms with van der Waals surface area (Å²) in [5.74, 6) is 6.02. The third kappa shape index (κ3) is 3.37. The summed E-state index contributed by atoms with van der Waals surface area (Å²) in [4.78, 5) is 12.1. The largest absolute Gasteiger partial charge is 0.449 e. The maximum Gasteiger partial charge on any atom is 0.407 e. The highest BCUT2D eigenvalue weighted by Gasteiger charge is 2.28. The van der Waals surface area contributed by atoms with Gasteiger partial charge < -0.3 is 10.1 Å². The normalized spacial score (nSPS) is 11.9. The van der Waals surface area contributed by atoms with Crippen LogP contribution in [-0.4, -0.2) is 29.4 Å². The molecule has 0 saturated carbocycles. The minimum Gasteiger partial charge on any atom is -0.449 e. The topological polar surface area (TPSA) is 67.0 Å². The van der Waals surface area contributed by atoms with Gasteiger partial charge in [-0.1, -0.05) is 60.4 Å². The van der Waals surface area contributed by atoms with Gasteiger partial charge in [-0.3, -0.25) is 5.10 Å². The molecule has 3 aromatic rings. The Hall–Kier alpha value is -3.52. The molecular weight excluding hydrogens is 350 g/mol. The Kier molecular flexibility index (Phi) is 4.86. The lowest BCUT2D eigenvalue weighted by Crippen LogP contribution is -2.26. The number of benzene rings is 2. The van der Waals surface area contributed by atoms with E-state index in [4.69, 9.17) is 4.74 Å². The zero-order valence-electron chi connectivity index (χ0n) is 15.9. The lowest BCUT2D eigenvalue weighted by Gasteiger charge is -2.14. The van der Waals surface area contributed by atoms with Crippen molar-refractivity contribution < 1.29 is 9.53 Å². The number of nitrogens with zero attached hydrogens (tertiary/aromatic N) is 1. The molecule has 4 rings (SSSR count). The van der Waals surface area contributed by atoms with E-state index in [1.54, 1.807) is 0 Å². The number of H-pyrrole nitrogens is 1. The summed E-state index contributed by atoms with van der Waals surface area (Å²) in [6.45, 7) is 4.34. The van der Waals surface area contributed by atoms with Gasteiger partial charge >= 0.3 is 6.09 Å². The number of fused-ring (bicyclic) bond motifs is 3. The highest BCUT2D eigenvalue weighted by Crippen LogP contribution is 2.44. The van der Waals surface area contributed by atoms with Crippen LogP contribution >= 0.6 is 0 Å². The van der Waals surface area contributed by atoms with Crippen molar-refractivity contribution in [3.05, 3.63) is 76.6 Å². The average molecular weight is 371 g/mol. The molecule has 1 aliphatic rings. The highest BCUT2D eigenvalue weighted by atomic mass is 16.5. The van der Waals surface area contributed by atoms with Gasteiger partial charge in [0.2, 0.25) is 0 Å². The Morgan fingerprint density at radius 3 is 2.36 bits per heavy atom. The summed E-state index contributed by atoms with van der Waals surface area (Å²) in [7, 11) is 0.